The molecule has 3 heterocycles. The normalized spacial score (nSPS) is 19.6. The van der Waals surface area contributed by atoms with Gasteiger partial charge in [-0.05, 0) is 50.9 Å². The van der Waals surface area contributed by atoms with E-state index in [2.05, 4.69) is 22.1 Å². The summed E-state index contributed by atoms with van der Waals surface area (Å²) in [5.74, 6) is 0.689. The number of nitrogens with zero attached hydrogens (tertiary/aromatic N) is 4. The molecular formula is C23H33N5O3S2. The van der Waals surface area contributed by atoms with Crippen molar-refractivity contribution in [1.82, 2.24) is 19.1 Å². The Morgan fingerprint density at radius 3 is 2.39 bits per heavy atom. The number of rotatable bonds is 7. The highest BCUT2D eigenvalue weighted by Gasteiger charge is 2.29. The first-order valence-corrected chi connectivity index (χ1v) is 13.9. The molecular weight excluding hydrogens is 458 g/mol. The number of aromatic nitrogens is 1. The Labute approximate surface area is 200 Å². The van der Waals surface area contributed by atoms with Crippen LogP contribution in [0.25, 0.3) is 0 Å². The average molecular weight is 492 g/mol. The van der Waals surface area contributed by atoms with E-state index >= 15 is 0 Å². The van der Waals surface area contributed by atoms with Crippen molar-refractivity contribution in [3.8, 4) is 0 Å². The molecule has 2 fully saturated rings. The summed E-state index contributed by atoms with van der Waals surface area (Å²) >= 11 is 1.46. The monoisotopic (exact) mass is 491 g/mol. The number of sulfonamides is 1. The SMILES string of the molecule is Cc1ccc(S(=O)(=O)N2CCN(CC(=O)Nc3nc(CN4CCC(C)CC4)cs3)CC2)cc1. The number of anilines is 1. The third-order valence-electron chi connectivity index (χ3n) is 6.42. The van der Waals surface area contributed by atoms with Crippen molar-refractivity contribution in [2.45, 2.75) is 38.1 Å². The average Bonchev–Trinajstić information content (AvgIpc) is 3.22. The number of aryl methyl sites for hydroxylation is 1. The molecule has 180 valence electrons. The molecule has 0 radical (unpaired) electrons. The molecule has 1 N–H and O–H groups in total. The summed E-state index contributed by atoms with van der Waals surface area (Å²) in [5, 5.41) is 5.55. The van der Waals surface area contributed by atoms with Crippen LogP contribution in [0.4, 0.5) is 5.13 Å². The molecule has 1 aromatic carbocycles. The Bertz CT molecular complexity index is 1040. The van der Waals surface area contributed by atoms with Gasteiger partial charge in [0.2, 0.25) is 15.9 Å². The lowest BCUT2D eigenvalue weighted by molar-refractivity contribution is -0.117. The number of hydrogen-bond acceptors (Lipinski definition) is 7. The lowest BCUT2D eigenvalue weighted by Gasteiger charge is -2.33. The van der Waals surface area contributed by atoms with Gasteiger partial charge in [0.1, 0.15) is 0 Å². The van der Waals surface area contributed by atoms with Gasteiger partial charge >= 0.3 is 0 Å². The zero-order chi connectivity index (χ0) is 23.4. The molecule has 0 atom stereocenters. The van der Waals surface area contributed by atoms with Gasteiger partial charge in [-0.25, -0.2) is 13.4 Å². The fourth-order valence-corrected chi connectivity index (χ4v) is 6.38. The van der Waals surface area contributed by atoms with E-state index in [1.54, 1.807) is 12.1 Å². The minimum absolute atomic E-state index is 0.113. The molecule has 2 aliphatic rings. The van der Waals surface area contributed by atoms with Crippen molar-refractivity contribution in [1.29, 1.82) is 0 Å². The predicted octanol–water partition coefficient (Wildman–Crippen LogP) is 2.63. The topological polar surface area (TPSA) is 85.8 Å². The highest BCUT2D eigenvalue weighted by molar-refractivity contribution is 7.89. The van der Waals surface area contributed by atoms with Crippen molar-refractivity contribution in [2.24, 2.45) is 5.92 Å². The molecule has 4 rings (SSSR count). The highest BCUT2D eigenvalue weighted by Crippen LogP contribution is 2.21. The summed E-state index contributed by atoms with van der Waals surface area (Å²) in [4.78, 5) is 21.8. The number of piperidine rings is 1. The van der Waals surface area contributed by atoms with Gasteiger partial charge in [0, 0.05) is 38.1 Å². The number of carbonyl (C=O) groups excluding carboxylic acids is 1. The molecule has 0 spiro atoms. The molecule has 33 heavy (non-hydrogen) atoms. The molecule has 1 aromatic heterocycles. The van der Waals surface area contributed by atoms with E-state index in [-0.39, 0.29) is 12.5 Å². The van der Waals surface area contributed by atoms with Crippen molar-refractivity contribution >= 4 is 32.4 Å². The van der Waals surface area contributed by atoms with Crippen LogP contribution in [0.3, 0.4) is 0 Å². The van der Waals surface area contributed by atoms with E-state index in [1.165, 1.54) is 28.5 Å². The molecule has 2 aromatic rings. The quantitative estimate of drug-likeness (QED) is 0.641. The Kier molecular flexibility index (Phi) is 7.80. The van der Waals surface area contributed by atoms with Gasteiger partial charge in [-0.3, -0.25) is 14.6 Å². The number of nitrogens with one attached hydrogen (secondary N) is 1. The number of amides is 1. The molecule has 2 aliphatic heterocycles. The van der Waals surface area contributed by atoms with Gasteiger partial charge in [-0.1, -0.05) is 24.6 Å². The molecule has 8 nitrogen and oxygen atoms in total. The van der Waals surface area contributed by atoms with Crippen LogP contribution in [0.2, 0.25) is 0 Å². The third kappa shape index (κ3) is 6.39. The van der Waals surface area contributed by atoms with E-state index in [0.29, 0.717) is 36.2 Å². The second-order valence-corrected chi connectivity index (χ2v) is 11.9. The van der Waals surface area contributed by atoms with Crippen LogP contribution in [0.1, 0.15) is 31.0 Å². The first-order valence-electron chi connectivity index (χ1n) is 11.6. The highest BCUT2D eigenvalue weighted by atomic mass is 32.2. The lowest BCUT2D eigenvalue weighted by Crippen LogP contribution is -2.50. The first-order chi connectivity index (χ1) is 15.8. The summed E-state index contributed by atoms with van der Waals surface area (Å²) in [6.07, 6.45) is 2.46. The molecule has 2 saturated heterocycles. The molecule has 0 bridgehead atoms. The van der Waals surface area contributed by atoms with Crippen LogP contribution in [0.5, 0.6) is 0 Å². The second-order valence-electron chi connectivity index (χ2n) is 9.14. The summed E-state index contributed by atoms with van der Waals surface area (Å²) in [7, 11) is -3.50. The zero-order valence-corrected chi connectivity index (χ0v) is 21.0. The van der Waals surface area contributed by atoms with Crippen LogP contribution >= 0.6 is 11.3 Å². The van der Waals surface area contributed by atoms with Gasteiger partial charge in [0.15, 0.2) is 5.13 Å². The lowest BCUT2D eigenvalue weighted by atomic mass is 9.99. The van der Waals surface area contributed by atoms with E-state index in [4.69, 9.17) is 0 Å². The maximum Gasteiger partial charge on any atom is 0.243 e. The van der Waals surface area contributed by atoms with Crippen molar-refractivity contribution < 1.29 is 13.2 Å². The van der Waals surface area contributed by atoms with E-state index in [1.807, 2.05) is 29.3 Å². The molecule has 1 amide bonds. The Morgan fingerprint density at radius 1 is 1.06 bits per heavy atom. The number of piperazine rings is 1. The summed E-state index contributed by atoms with van der Waals surface area (Å²) in [5.41, 5.74) is 2.03. The minimum atomic E-state index is -3.50. The Balaban J connectivity index is 1.23. The number of thiazole rings is 1. The summed E-state index contributed by atoms with van der Waals surface area (Å²) in [6.45, 7) is 9.30. The molecule has 0 aliphatic carbocycles. The van der Waals surface area contributed by atoms with Crippen molar-refractivity contribution in [2.75, 3.05) is 51.1 Å². The number of benzene rings is 1. The number of hydrogen-bond donors (Lipinski definition) is 1. The van der Waals surface area contributed by atoms with Gasteiger partial charge in [-0.15, -0.1) is 11.3 Å². The number of likely N-dealkylation sites (tertiary alicyclic amines) is 1. The predicted molar refractivity (Wildman–Crippen MR) is 131 cm³/mol. The molecule has 10 heteroatoms. The standard InChI is InChI=1S/C23H33N5O3S2/c1-18-3-5-21(6-4-18)33(30,31)28-13-11-27(12-14-28)16-22(29)25-23-24-20(17-32-23)15-26-9-7-19(2)8-10-26/h3-6,17,19H,7-16H2,1-2H3,(H,24,25,29). The largest absolute Gasteiger partial charge is 0.301 e. The molecule has 0 unspecified atom stereocenters. The first kappa shape index (κ1) is 24.3. The fraction of sp³-hybridized carbons (Fsp3) is 0.565. The Hall–Kier alpha value is -1.85. The van der Waals surface area contributed by atoms with Crippen LogP contribution < -0.4 is 5.32 Å². The van der Waals surface area contributed by atoms with Crippen LogP contribution in [0.15, 0.2) is 34.5 Å². The zero-order valence-electron chi connectivity index (χ0n) is 19.4. The van der Waals surface area contributed by atoms with Gasteiger partial charge < -0.3 is 5.32 Å². The maximum atomic E-state index is 12.8. The maximum absolute atomic E-state index is 12.8. The Morgan fingerprint density at radius 2 is 1.73 bits per heavy atom. The van der Waals surface area contributed by atoms with E-state index in [0.717, 1.165) is 36.8 Å². The van der Waals surface area contributed by atoms with Crippen LogP contribution in [-0.2, 0) is 21.4 Å². The van der Waals surface area contributed by atoms with Gasteiger partial charge in [0.05, 0.1) is 17.1 Å². The van der Waals surface area contributed by atoms with E-state index in [9.17, 15) is 13.2 Å². The number of carbonyl (C=O) groups is 1. The van der Waals surface area contributed by atoms with Crippen molar-refractivity contribution in [3.05, 3.63) is 40.9 Å². The minimum Gasteiger partial charge on any atom is -0.301 e. The van der Waals surface area contributed by atoms with Gasteiger partial charge in [0.25, 0.3) is 0 Å². The second kappa shape index (κ2) is 10.6. The fourth-order valence-electron chi connectivity index (χ4n) is 4.24. The van der Waals surface area contributed by atoms with Crippen LogP contribution in [-0.4, -0.2) is 79.2 Å². The van der Waals surface area contributed by atoms with E-state index < -0.39 is 10.0 Å². The van der Waals surface area contributed by atoms with Gasteiger partial charge in [-0.2, -0.15) is 4.31 Å². The summed E-state index contributed by atoms with van der Waals surface area (Å²) < 4.78 is 27.2. The third-order valence-corrected chi connectivity index (χ3v) is 9.14. The summed E-state index contributed by atoms with van der Waals surface area (Å²) in [6, 6.07) is 6.92. The van der Waals surface area contributed by atoms with Crippen LogP contribution in [0, 0.1) is 12.8 Å². The smallest absolute Gasteiger partial charge is 0.243 e. The molecule has 0 saturated carbocycles. The van der Waals surface area contributed by atoms with Crippen molar-refractivity contribution in [3.63, 3.8) is 0 Å².